The van der Waals surface area contributed by atoms with Gasteiger partial charge in [-0.2, -0.15) is 0 Å². The van der Waals surface area contributed by atoms with Gasteiger partial charge in [0.25, 0.3) is 0 Å². The second kappa shape index (κ2) is 7.53. The second-order valence-electron chi connectivity index (χ2n) is 5.43. The summed E-state index contributed by atoms with van der Waals surface area (Å²) in [5.74, 6) is 2.36. The summed E-state index contributed by atoms with van der Waals surface area (Å²) >= 11 is 1.69. The van der Waals surface area contributed by atoms with Crippen LogP contribution in [0.4, 0.5) is 0 Å². The van der Waals surface area contributed by atoms with E-state index in [4.69, 9.17) is 9.47 Å². The fraction of sp³-hybridized carbons (Fsp3) is 0.263. The normalized spacial score (nSPS) is 12.9. The summed E-state index contributed by atoms with van der Waals surface area (Å²) in [6.07, 6.45) is 0.404. The van der Waals surface area contributed by atoms with Crippen molar-refractivity contribution in [1.82, 2.24) is 0 Å². The topological polar surface area (TPSA) is 52.6 Å². The summed E-state index contributed by atoms with van der Waals surface area (Å²) in [5.41, 5.74) is 1.23. The van der Waals surface area contributed by atoms with Crippen LogP contribution in [-0.2, 0) is 0 Å². The number of hydrogen-bond acceptors (Lipinski definition) is 5. The molecule has 0 saturated carbocycles. The van der Waals surface area contributed by atoms with Gasteiger partial charge < -0.3 is 9.47 Å². The minimum atomic E-state index is -0.0401. The number of carbonyl (C=O) groups is 2. The van der Waals surface area contributed by atoms with Gasteiger partial charge in [-0.05, 0) is 42.5 Å². The molecule has 124 valence electrons. The van der Waals surface area contributed by atoms with Crippen molar-refractivity contribution in [2.24, 2.45) is 0 Å². The zero-order valence-corrected chi connectivity index (χ0v) is 14.2. The number of ether oxygens (including phenoxy) is 2. The Balaban J connectivity index is 1.61. The number of hydrogen-bond donors (Lipinski definition) is 0. The zero-order valence-electron chi connectivity index (χ0n) is 13.4. The van der Waals surface area contributed by atoms with Crippen LogP contribution in [0.5, 0.6) is 11.5 Å². The molecule has 0 amide bonds. The number of benzene rings is 2. The molecular weight excluding hydrogens is 324 g/mol. The highest BCUT2D eigenvalue weighted by atomic mass is 32.2. The number of methoxy groups -OCH3 is 1. The van der Waals surface area contributed by atoms with Crippen molar-refractivity contribution in [2.75, 3.05) is 19.5 Å². The standard InChI is InChI=1S/C19H18O4S/c1-22-15-5-2-13(3-6-15)16(20)7-8-17(21)14-4-9-18-19(12-14)24-11-10-23-18/h2-6,9,12H,7-8,10-11H2,1H3. The number of carbonyl (C=O) groups excluding carboxylic acids is 2. The van der Waals surface area contributed by atoms with Crippen LogP contribution in [-0.4, -0.2) is 31.0 Å². The van der Waals surface area contributed by atoms with Gasteiger partial charge in [-0.25, -0.2) is 0 Å². The first-order valence-electron chi connectivity index (χ1n) is 7.77. The average Bonchev–Trinajstić information content (AvgIpc) is 2.65. The number of Topliss-reactive ketones (excluding diaryl/α,β-unsaturated/α-hetero) is 2. The molecule has 3 rings (SSSR count). The van der Waals surface area contributed by atoms with Crippen LogP contribution < -0.4 is 9.47 Å². The molecule has 0 fully saturated rings. The molecule has 0 aromatic heterocycles. The largest absolute Gasteiger partial charge is 0.497 e. The molecule has 1 aliphatic heterocycles. The molecule has 5 heteroatoms. The Morgan fingerprint density at radius 1 is 1.04 bits per heavy atom. The fourth-order valence-electron chi connectivity index (χ4n) is 2.51. The second-order valence-corrected chi connectivity index (χ2v) is 6.57. The molecule has 0 saturated heterocycles. The van der Waals surface area contributed by atoms with Crippen LogP contribution in [0, 0.1) is 0 Å². The first-order valence-corrected chi connectivity index (χ1v) is 8.76. The lowest BCUT2D eigenvalue weighted by molar-refractivity contribution is 0.0917. The average molecular weight is 342 g/mol. The quantitative estimate of drug-likeness (QED) is 0.742. The van der Waals surface area contributed by atoms with Crippen LogP contribution in [0.15, 0.2) is 47.4 Å². The first kappa shape index (κ1) is 16.6. The van der Waals surface area contributed by atoms with Gasteiger partial charge in [-0.15, -0.1) is 11.8 Å². The highest BCUT2D eigenvalue weighted by Gasteiger charge is 2.15. The van der Waals surface area contributed by atoms with E-state index in [9.17, 15) is 9.59 Å². The molecule has 24 heavy (non-hydrogen) atoms. The van der Waals surface area contributed by atoms with E-state index in [-0.39, 0.29) is 24.4 Å². The van der Waals surface area contributed by atoms with Gasteiger partial charge in [0.2, 0.25) is 0 Å². The van der Waals surface area contributed by atoms with Crippen molar-refractivity contribution in [3.05, 3.63) is 53.6 Å². The summed E-state index contributed by atoms with van der Waals surface area (Å²) in [4.78, 5) is 25.5. The third-order valence-electron chi connectivity index (χ3n) is 3.86. The van der Waals surface area contributed by atoms with Gasteiger partial charge in [-0.1, -0.05) is 0 Å². The number of thioether (sulfide) groups is 1. The van der Waals surface area contributed by atoms with E-state index in [1.54, 1.807) is 49.2 Å². The monoisotopic (exact) mass is 342 g/mol. The van der Waals surface area contributed by atoms with Gasteiger partial charge in [0, 0.05) is 29.7 Å². The molecule has 0 atom stereocenters. The summed E-state index contributed by atoms with van der Waals surface area (Å²) in [5, 5.41) is 0. The van der Waals surface area contributed by atoms with Crippen LogP contribution in [0.25, 0.3) is 0 Å². The van der Waals surface area contributed by atoms with Gasteiger partial charge in [0.1, 0.15) is 11.5 Å². The number of rotatable bonds is 6. The molecule has 1 aliphatic rings. The molecule has 0 N–H and O–H groups in total. The van der Waals surface area contributed by atoms with Gasteiger partial charge >= 0.3 is 0 Å². The maximum absolute atomic E-state index is 12.3. The zero-order chi connectivity index (χ0) is 16.9. The van der Waals surface area contributed by atoms with E-state index in [0.717, 1.165) is 16.4 Å². The Morgan fingerprint density at radius 3 is 2.42 bits per heavy atom. The molecule has 0 radical (unpaired) electrons. The predicted molar refractivity (Wildman–Crippen MR) is 93.6 cm³/mol. The number of ketones is 2. The molecule has 0 bridgehead atoms. The van der Waals surface area contributed by atoms with Crippen molar-refractivity contribution in [2.45, 2.75) is 17.7 Å². The predicted octanol–water partition coefficient (Wildman–Crippen LogP) is 4.03. The summed E-state index contributed by atoms with van der Waals surface area (Å²) in [6, 6.07) is 12.4. The highest BCUT2D eigenvalue weighted by molar-refractivity contribution is 7.99. The first-order chi connectivity index (χ1) is 11.7. The smallest absolute Gasteiger partial charge is 0.163 e. The fourth-order valence-corrected chi connectivity index (χ4v) is 3.38. The van der Waals surface area contributed by atoms with E-state index >= 15 is 0 Å². The van der Waals surface area contributed by atoms with Crippen molar-refractivity contribution >= 4 is 23.3 Å². The van der Waals surface area contributed by atoms with Crippen molar-refractivity contribution in [3.8, 4) is 11.5 Å². The molecule has 0 aliphatic carbocycles. The molecule has 1 heterocycles. The molecule has 0 unspecified atom stereocenters. The van der Waals surface area contributed by atoms with Crippen LogP contribution >= 0.6 is 11.8 Å². The Bertz CT molecular complexity index is 752. The molecular formula is C19H18O4S. The van der Waals surface area contributed by atoms with Crippen molar-refractivity contribution in [3.63, 3.8) is 0 Å². The number of fused-ring (bicyclic) bond motifs is 1. The lowest BCUT2D eigenvalue weighted by Gasteiger charge is -2.17. The Morgan fingerprint density at radius 2 is 1.71 bits per heavy atom. The summed E-state index contributed by atoms with van der Waals surface area (Å²) in [6.45, 7) is 0.696. The molecule has 2 aromatic carbocycles. The van der Waals surface area contributed by atoms with Gasteiger partial charge in [0.15, 0.2) is 11.6 Å². The van der Waals surface area contributed by atoms with Crippen molar-refractivity contribution < 1.29 is 19.1 Å². The van der Waals surface area contributed by atoms with E-state index in [0.29, 0.717) is 23.5 Å². The van der Waals surface area contributed by atoms with Crippen LogP contribution in [0.1, 0.15) is 33.6 Å². The molecule has 4 nitrogen and oxygen atoms in total. The van der Waals surface area contributed by atoms with Crippen LogP contribution in [0.2, 0.25) is 0 Å². The minimum Gasteiger partial charge on any atom is -0.497 e. The summed E-state index contributed by atoms with van der Waals surface area (Å²) in [7, 11) is 1.58. The Kier molecular flexibility index (Phi) is 5.20. The van der Waals surface area contributed by atoms with Gasteiger partial charge in [0.05, 0.1) is 18.6 Å². The maximum Gasteiger partial charge on any atom is 0.163 e. The lowest BCUT2D eigenvalue weighted by Crippen LogP contribution is -2.09. The summed E-state index contributed by atoms with van der Waals surface area (Å²) < 4.78 is 10.6. The van der Waals surface area contributed by atoms with Gasteiger partial charge in [-0.3, -0.25) is 9.59 Å². The Labute approximate surface area is 145 Å². The third-order valence-corrected chi connectivity index (χ3v) is 4.86. The maximum atomic E-state index is 12.3. The van der Waals surface area contributed by atoms with E-state index in [2.05, 4.69) is 0 Å². The highest BCUT2D eigenvalue weighted by Crippen LogP contribution is 2.34. The lowest BCUT2D eigenvalue weighted by atomic mass is 10.0. The minimum absolute atomic E-state index is 0.0224. The Hall–Kier alpha value is -2.27. The van der Waals surface area contributed by atoms with E-state index < -0.39 is 0 Å². The molecule has 0 spiro atoms. The van der Waals surface area contributed by atoms with E-state index in [1.807, 2.05) is 12.1 Å². The van der Waals surface area contributed by atoms with E-state index in [1.165, 1.54) is 0 Å². The van der Waals surface area contributed by atoms with Crippen LogP contribution in [0.3, 0.4) is 0 Å². The SMILES string of the molecule is COc1ccc(C(=O)CCC(=O)c2ccc3c(c2)SCCO3)cc1. The van der Waals surface area contributed by atoms with Crippen molar-refractivity contribution in [1.29, 1.82) is 0 Å². The molecule has 2 aromatic rings. The third kappa shape index (κ3) is 3.79.